The van der Waals surface area contributed by atoms with E-state index >= 15 is 0 Å². The minimum atomic E-state index is -0.263. The molecule has 21 heavy (non-hydrogen) atoms. The Kier molecular flexibility index (Phi) is 5.44. The Balaban J connectivity index is 2.07. The largest absolute Gasteiger partial charge is 0.493 e. The predicted octanol–water partition coefficient (Wildman–Crippen LogP) is 4.61. The van der Waals surface area contributed by atoms with Gasteiger partial charge in [-0.25, -0.2) is 4.39 Å². The predicted molar refractivity (Wildman–Crippen MR) is 85.6 cm³/mol. The van der Waals surface area contributed by atoms with Crippen LogP contribution in [0.2, 0.25) is 0 Å². The summed E-state index contributed by atoms with van der Waals surface area (Å²) in [6.45, 7) is 3.11. The summed E-state index contributed by atoms with van der Waals surface area (Å²) in [6.07, 6.45) is 0. The molecule has 0 aliphatic heterocycles. The summed E-state index contributed by atoms with van der Waals surface area (Å²) in [5.74, 6) is 1.14. The second-order valence-electron chi connectivity index (χ2n) is 4.40. The molecule has 3 nitrogen and oxygen atoms in total. The summed E-state index contributed by atoms with van der Waals surface area (Å²) >= 11 is 3.18. The molecule has 2 aromatic carbocycles. The number of hydrogen-bond donors (Lipinski definition) is 1. The number of nitrogens with one attached hydrogen (secondary N) is 1. The van der Waals surface area contributed by atoms with Gasteiger partial charge in [-0.3, -0.25) is 0 Å². The lowest BCUT2D eigenvalue weighted by molar-refractivity contribution is 0.311. The second-order valence-corrected chi connectivity index (χ2v) is 5.26. The fourth-order valence-electron chi connectivity index (χ4n) is 1.91. The van der Waals surface area contributed by atoms with E-state index in [1.165, 1.54) is 6.07 Å². The molecule has 0 radical (unpaired) electrons. The van der Waals surface area contributed by atoms with E-state index in [-0.39, 0.29) is 5.82 Å². The highest BCUT2D eigenvalue weighted by molar-refractivity contribution is 9.10. The van der Waals surface area contributed by atoms with Crippen molar-refractivity contribution in [2.24, 2.45) is 0 Å². The third-order valence-corrected chi connectivity index (χ3v) is 3.55. The van der Waals surface area contributed by atoms with Crippen LogP contribution in [-0.2, 0) is 6.54 Å². The first kappa shape index (κ1) is 15.6. The minimum absolute atomic E-state index is 0.263. The van der Waals surface area contributed by atoms with Crippen molar-refractivity contribution in [1.29, 1.82) is 0 Å². The van der Waals surface area contributed by atoms with E-state index in [0.717, 1.165) is 17.0 Å². The van der Waals surface area contributed by atoms with E-state index in [9.17, 15) is 4.39 Å². The van der Waals surface area contributed by atoms with Crippen LogP contribution in [0.1, 0.15) is 12.5 Å². The number of ether oxygens (including phenoxy) is 2. The molecule has 0 aromatic heterocycles. The van der Waals surface area contributed by atoms with Crippen LogP contribution >= 0.6 is 15.9 Å². The highest BCUT2D eigenvalue weighted by atomic mass is 79.9. The normalized spacial score (nSPS) is 10.3. The van der Waals surface area contributed by atoms with Crippen molar-refractivity contribution in [3.63, 3.8) is 0 Å². The van der Waals surface area contributed by atoms with Gasteiger partial charge in [0.1, 0.15) is 5.82 Å². The van der Waals surface area contributed by atoms with E-state index in [2.05, 4.69) is 21.2 Å². The van der Waals surface area contributed by atoms with E-state index in [4.69, 9.17) is 9.47 Å². The van der Waals surface area contributed by atoms with Crippen LogP contribution in [0.3, 0.4) is 0 Å². The number of benzene rings is 2. The number of methoxy groups -OCH3 is 1. The van der Waals surface area contributed by atoms with Crippen molar-refractivity contribution in [2.45, 2.75) is 13.5 Å². The van der Waals surface area contributed by atoms with Crippen molar-refractivity contribution < 1.29 is 13.9 Å². The average molecular weight is 354 g/mol. The van der Waals surface area contributed by atoms with Crippen LogP contribution in [-0.4, -0.2) is 13.7 Å². The van der Waals surface area contributed by atoms with Crippen LogP contribution in [0.4, 0.5) is 10.1 Å². The summed E-state index contributed by atoms with van der Waals surface area (Å²) in [6, 6.07) is 10.6. The van der Waals surface area contributed by atoms with Crippen LogP contribution in [0, 0.1) is 5.82 Å². The summed E-state index contributed by atoms with van der Waals surface area (Å²) < 4.78 is 24.4. The molecule has 2 rings (SSSR count). The number of anilines is 1. The average Bonchev–Trinajstić information content (AvgIpc) is 2.49. The van der Waals surface area contributed by atoms with Gasteiger partial charge in [-0.15, -0.1) is 0 Å². The molecule has 2 aromatic rings. The van der Waals surface area contributed by atoms with Crippen molar-refractivity contribution in [3.05, 3.63) is 52.3 Å². The molecule has 112 valence electrons. The Morgan fingerprint density at radius 1 is 1.14 bits per heavy atom. The molecule has 1 N–H and O–H groups in total. The highest BCUT2D eigenvalue weighted by Gasteiger charge is 2.06. The fraction of sp³-hybridized carbons (Fsp3) is 0.250. The van der Waals surface area contributed by atoms with Gasteiger partial charge in [-0.2, -0.15) is 0 Å². The van der Waals surface area contributed by atoms with Gasteiger partial charge in [0.25, 0.3) is 0 Å². The molecule has 0 fully saturated rings. The van der Waals surface area contributed by atoms with Gasteiger partial charge in [0.15, 0.2) is 11.5 Å². The van der Waals surface area contributed by atoms with Gasteiger partial charge in [0.2, 0.25) is 0 Å². The quantitative estimate of drug-likeness (QED) is 0.822. The van der Waals surface area contributed by atoms with Crippen molar-refractivity contribution in [2.75, 3.05) is 19.0 Å². The zero-order valence-corrected chi connectivity index (χ0v) is 13.5. The van der Waals surface area contributed by atoms with Gasteiger partial charge in [-0.05, 0) is 52.7 Å². The van der Waals surface area contributed by atoms with Crippen LogP contribution in [0.15, 0.2) is 40.9 Å². The molecule has 0 spiro atoms. The molecule has 0 amide bonds. The van der Waals surface area contributed by atoms with E-state index in [0.29, 0.717) is 23.4 Å². The van der Waals surface area contributed by atoms with Crippen molar-refractivity contribution in [1.82, 2.24) is 0 Å². The molecule has 0 saturated heterocycles. The molecule has 0 heterocycles. The van der Waals surface area contributed by atoms with E-state index in [1.807, 2.05) is 25.1 Å². The molecule has 0 aliphatic carbocycles. The lowest BCUT2D eigenvalue weighted by Crippen LogP contribution is -2.01. The van der Waals surface area contributed by atoms with Crippen LogP contribution in [0.5, 0.6) is 11.5 Å². The summed E-state index contributed by atoms with van der Waals surface area (Å²) in [5, 5.41) is 3.27. The molecule has 0 bridgehead atoms. The smallest absolute Gasteiger partial charge is 0.162 e. The summed E-state index contributed by atoms with van der Waals surface area (Å²) in [5.41, 5.74) is 1.90. The number of halogens is 2. The maximum absolute atomic E-state index is 13.2. The molecular weight excluding hydrogens is 337 g/mol. The maximum Gasteiger partial charge on any atom is 0.162 e. The Hall–Kier alpha value is -1.75. The van der Waals surface area contributed by atoms with E-state index in [1.54, 1.807) is 19.2 Å². The standard InChI is InChI=1S/C16H17BrFNO2/c1-3-21-15-7-5-12(9-16(15)20-2)19-10-11-4-6-14(18)13(17)8-11/h4-9,19H,3,10H2,1-2H3. The Morgan fingerprint density at radius 2 is 1.95 bits per heavy atom. The topological polar surface area (TPSA) is 30.5 Å². The SMILES string of the molecule is CCOc1ccc(NCc2ccc(F)c(Br)c2)cc1OC. The zero-order chi connectivity index (χ0) is 15.2. The molecule has 0 saturated carbocycles. The Morgan fingerprint density at radius 3 is 2.62 bits per heavy atom. The first-order valence-corrected chi connectivity index (χ1v) is 7.42. The monoisotopic (exact) mass is 353 g/mol. The Bertz CT molecular complexity index is 619. The molecule has 0 unspecified atom stereocenters. The van der Waals surface area contributed by atoms with Gasteiger partial charge < -0.3 is 14.8 Å². The molecular formula is C16H17BrFNO2. The third-order valence-electron chi connectivity index (χ3n) is 2.94. The van der Waals surface area contributed by atoms with Gasteiger partial charge >= 0.3 is 0 Å². The lowest BCUT2D eigenvalue weighted by Gasteiger charge is -2.12. The first-order chi connectivity index (χ1) is 10.1. The zero-order valence-electron chi connectivity index (χ0n) is 12.0. The minimum Gasteiger partial charge on any atom is -0.493 e. The maximum atomic E-state index is 13.2. The van der Waals surface area contributed by atoms with Crippen molar-refractivity contribution >= 4 is 21.6 Å². The van der Waals surface area contributed by atoms with Gasteiger partial charge in [0.05, 0.1) is 18.2 Å². The Labute approximate surface area is 132 Å². The van der Waals surface area contributed by atoms with E-state index < -0.39 is 0 Å². The first-order valence-electron chi connectivity index (χ1n) is 6.62. The van der Waals surface area contributed by atoms with Crippen molar-refractivity contribution in [3.8, 4) is 11.5 Å². The molecule has 5 heteroatoms. The number of rotatable bonds is 6. The highest BCUT2D eigenvalue weighted by Crippen LogP contribution is 2.30. The third kappa shape index (κ3) is 4.11. The summed E-state index contributed by atoms with van der Waals surface area (Å²) in [7, 11) is 1.61. The lowest BCUT2D eigenvalue weighted by atomic mass is 10.2. The molecule has 0 aliphatic rings. The van der Waals surface area contributed by atoms with Gasteiger partial charge in [0, 0.05) is 18.3 Å². The van der Waals surface area contributed by atoms with Crippen LogP contribution in [0.25, 0.3) is 0 Å². The second kappa shape index (κ2) is 7.31. The van der Waals surface area contributed by atoms with Gasteiger partial charge in [-0.1, -0.05) is 6.07 Å². The summed E-state index contributed by atoms with van der Waals surface area (Å²) in [4.78, 5) is 0. The van der Waals surface area contributed by atoms with Crippen LogP contribution < -0.4 is 14.8 Å². The fourth-order valence-corrected chi connectivity index (χ4v) is 2.33. The number of hydrogen-bond acceptors (Lipinski definition) is 3. The molecule has 0 atom stereocenters.